The van der Waals surface area contributed by atoms with Crippen molar-refractivity contribution in [3.05, 3.63) is 0 Å². The summed E-state index contributed by atoms with van der Waals surface area (Å²) >= 11 is 0. The maximum absolute atomic E-state index is 12.3. The van der Waals surface area contributed by atoms with Crippen molar-refractivity contribution in [3.63, 3.8) is 0 Å². The van der Waals surface area contributed by atoms with Gasteiger partial charge in [0, 0.05) is 11.5 Å². The maximum Gasteiger partial charge on any atom is 0.306 e. The second kappa shape index (κ2) is 5.51. The lowest BCUT2D eigenvalue weighted by molar-refractivity contribution is -0.141. The van der Waals surface area contributed by atoms with Crippen LogP contribution in [0.2, 0.25) is 0 Å². The molecule has 0 aliphatic heterocycles. The van der Waals surface area contributed by atoms with Gasteiger partial charge in [-0.3, -0.25) is 9.59 Å². The summed E-state index contributed by atoms with van der Waals surface area (Å²) in [6, 6.07) is 0. The second-order valence-electron chi connectivity index (χ2n) is 6.78. The molecule has 0 heterocycles. The average molecular weight is 267 g/mol. The highest BCUT2D eigenvalue weighted by atomic mass is 16.4. The molecule has 2 aliphatic carbocycles. The smallest absolute Gasteiger partial charge is 0.306 e. The van der Waals surface area contributed by atoms with Crippen molar-refractivity contribution < 1.29 is 14.7 Å². The molecule has 0 aromatic heterocycles. The third-order valence-corrected chi connectivity index (χ3v) is 4.96. The first-order valence-electron chi connectivity index (χ1n) is 7.44. The predicted octanol–water partition coefficient (Wildman–Crippen LogP) is 2.57. The van der Waals surface area contributed by atoms with Gasteiger partial charge < -0.3 is 10.4 Å². The van der Waals surface area contributed by atoms with Crippen molar-refractivity contribution in [2.75, 3.05) is 0 Å². The lowest BCUT2D eigenvalue weighted by Crippen LogP contribution is -2.49. The van der Waals surface area contributed by atoms with Gasteiger partial charge in [-0.2, -0.15) is 0 Å². The van der Waals surface area contributed by atoms with Crippen LogP contribution in [0.25, 0.3) is 0 Å². The summed E-state index contributed by atoms with van der Waals surface area (Å²) in [6.07, 6.45) is 6.27. The molecule has 19 heavy (non-hydrogen) atoms. The molecule has 2 N–H and O–H groups in total. The molecule has 0 spiro atoms. The van der Waals surface area contributed by atoms with Crippen LogP contribution in [0.4, 0.5) is 0 Å². The molecule has 2 atom stereocenters. The Morgan fingerprint density at radius 2 is 1.68 bits per heavy atom. The standard InChI is InChI=1S/C15H25NO3/c1-10-5-7-15(2,8-6-10)16-13(17)11-3-4-12(9-11)14(18)19/h10-12H,3-9H2,1-2H3,(H,16,17)(H,18,19)/t10?,11-,12+,15?/m1/s1. The van der Waals surface area contributed by atoms with E-state index in [-0.39, 0.29) is 23.3 Å². The number of nitrogens with one attached hydrogen (secondary N) is 1. The van der Waals surface area contributed by atoms with Crippen molar-refractivity contribution >= 4 is 11.9 Å². The van der Waals surface area contributed by atoms with Gasteiger partial charge in [-0.1, -0.05) is 6.92 Å². The molecule has 108 valence electrons. The topological polar surface area (TPSA) is 66.4 Å². The molecule has 4 nitrogen and oxygen atoms in total. The van der Waals surface area contributed by atoms with Crippen LogP contribution in [0.3, 0.4) is 0 Å². The molecule has 2 aliphatic rings. The van der Waals surface area contributed by atoms with E-state index in [0.29, 0.717) is 12.8 Å². The van der Waals surface area contributed by atoms with Crippen molar-refractivity contribution in [3.8, 4) is 0 Å². The summed E-state index contributed by atoms with van der Waals surface area (Å²) in [4.78, 5) is 23.2. The largest absolute Gasteiger partial charge is 0.481 e. The van der Waals surface area contributed by atoms with Crippen LogP contribution in [0.15, 0.2) is 0 Å². The van der Waals surface area contributed by atoms with E-state index in [9.17, 15) is 9.59 Å². The van der Waals surface area contributed by atoms with Crippen LogP contribution in [-0.2, 0) is 9.59 Å². The summed E-state index contributed by atoms with van der Waals surface area (Å²) in [6.45, 7) is 4.39. The Bertz CT molecular complexity index is 358. The minimum absolute atomic E-state index is 0.0702. The SMILES string of the molecule is CC1CCC(C)(NC(=O)[C@@H]2CC[C@H](C(=O)O)C2)CC1. The van der Waals surface area contributed by atoms with Gasteiger partial charge in [-0.05, 0) is 57.8 Å². The van der Waals surface area contributed by atoms with Crippen LogP contribution in [-0.4, -0.2) is 22.5 Å². The Kier molecular flexibility index (Phi) is 4.16. The highest BCUT2D eigenvalue weighted by Gasteiger charge is 2.37. The number of aliphatic carboxylic acids is 1. The summed E-state index contributed by atoms with van der Waals surface area (Å²) in [7, 11) is 0. The third kappa shape index (κ3) is 3.48. The molecular weight excluding hydrogens is 242 g/mol. The molecule has 2 rings (SSSR count). The zero-order chi connectivity index (χ0) is 14.0. The maximum atomic E-state index is 12.3. The van der Waals surface area contributed by atoms with Gasteiger partial charge in [0.1, 0.15) is 0 Å². The molecule has 0 radical (unpaired) electrons. The Balaban J connectivity index is 1.86. The number of carbonyl (C=O) groups is 2. The zero-order valence-electron chi connectivity index (χ0n) is 11.9. The summed E-state index contributed by atoms with van der Waals surface area (Å²) in [5.41, 5.74) is -0.0785. The molecule has 0 bridgehead atoms. The van der Waals surface area contributed by atoms with E-state index in [0.717, 1.165) is 25.2 Å². The van der Waals surface area contributed by atoms with E-state index in [1.54, 1.807) is 0 Å². The lowest BCUT2D eigenvalue weighted by atomic mass is 9.78. The minimum Gasteiger partial charge on any atom is -0.481 e. The van der Waals surface area contributed by atoms with Gasteiger partial charge in [0.05, 0.1) is 5.92 Å². The number of amides is 1. The Morgan fingerprint density at radius 3 is 2.21 bits per heavy atom. The Hall–Kier alpha value is -1.06. The normalized spacial score (nSPS) is 38.9. The van der Waals surface area contributed by atoms with E-state index in [4.69, 9.17) is 5.11 Å². The number of hydrogen-bond acceptors (Lipinski definition) is 2. The lowest BCUT2D eigenvalue weighted by Gasteiger charge is -2.37. The monoisotopic (exact) mass is 267 g/mol. The van der Waals surface area contributed by atoms with E-state index in [1.807, 2.05) is 0 Å². The fourth-order valence-corrected chi connectivity index (χ4v) is 3.37. The molecular formula is C15H25NO3. The molecule has 0 aromatic carbocycles. The second-order valence-corrected chi connectivity index (χ2v) is 6.78. The molecule has 0 unspecified atom stereocenters. The Morgan fingerprint density at radius 1 is 1.11 bits per heavy atom. The number of carbonyl (C=O) groups excluding carboxylic acids is 1. The van der Waals surface area contributed by atoms with Crippen LogP contribution in [0.1, 0.15) is 58.8 Å². The number of carboxylic acid groups (broad SMARTS) is 1. The predicted molar refractivity (Wildman–Crippen MR) is 72.6 cm³/mol. The molecule has 0 saturated heterocycles. The average Bonchev–Trinajstić information content (AvgIpc) is 2.83. The fourth-order valence-electron chi connectivity index (χ4n) is 3.37. The van der Waals surface area contributed by atoms with E-state index < -0.39 is 5.97 Å². The van der Waals surface area contributed by atoms with Gasteiger partial charge in [-0.25, -0.2) is 0 Å². The van der Waals surface area contributed by atoms with E-state index in [1.165, 1.54) is 12.8 Å². The van der Waals surface area contributed by atoms with Gasteiger partial charge in [-0.15, -0.1) is 0 Å². The van der Waals surface area contributed by atoms with Crippen LogP contribution >= 0.6 is 0 Å². The fraction of sp³-hybridized carbons (Fsp3) is 0.867. The number of carboxylic acids is 1. The van der Waals surface area contributed by atoms with Crippen molar-refractivity contribution in [2.45, 2.75) is 64.3 Å². The highest BCUT2D eigenvalue weighted by molar-refractivity contribution is 5.81. The number of rotatable bonds is 3. The Labute approximate surface area is 115 Å². The van der Waals surface area contributed by atoms with Crippen LogP contribution in [0.5, 0.6) is 0 Å². The van der Waals surface area contributed by atoms with Crippen molar-refractivity contribution in [1.82, 2.24) is 5.32 Å². The molecule has 0 aromatic rings. The minimum atomic E-state index is -0.756. The van der Waals surface area contributed by atoms with E-state index in [2.05, 4.69) is 19.2 Å². The molecule has 2 saturated carbocycles. The molecule has 1 amide bonds. The van der Waals surface area contributed by atoms with Crippen molar-refractivity contribution in [2.24, 2.45) is 17.8 Å². The number of hydrogen-bond donors (Lipinski definition) is 2. The zero-order valence-corrected chi connectivity index (χ0v) is 11.9. The first-order valence-corrected chi connectivity index (χ1v) is 7.44. The highest BCUT2D eigenvalue weighted by Crippen LogP contribution is 2.34. The van der Waals surface area contributed by atoms with Gasteiger partial charge in [0.15, 0.2) is 0 Å². The summed E-state index contributed by atoms with van der Waals surface area (Å²) in [5.74, 6) is -0.353. The third-order valence-electron chi connectivity index (χ3n) is 4.96. The summed E-state index contributed by atoms with van der Waals surface area (Å²) in [5, 5.41) is 12.2. The van der Waals surface area contributed by atoms with Crippen molar-refractivity contribution in [1.29, 1.82) is 0 Å². The van der Waals surface area contributed by atoms with Gasteiger partial charge >= 0.3 is 5.97 Å². The molecule has 4 heteroatoms. The van der Waals surface area contributed by atoms with Crippen LogP contribution in [0, 0.1) is 17.8 Å². The molecule has 2 fully saturated rings. The van der Waals surface area contributed by atoms with Gasteiger partial charge in [0.25, 0.3) is 0 Å². The first kappa shape index (κ1) is 14.4. The van der Waals surface area contributed by atoms with Crippen LogP contribution < -0.4 is 5.32 Å². The van der Waals surface area contributed by atoms with E-state index >= 15 is 0 Å². The van der Waals surface area contributed by atoms with Gasteiger partial charge in [0.2, 0.25) is 5.91 Å². The summed E-state index contributed by atoms with van der Waals surface area (Å²) < 4.78 is 0. The quantitative estimate of drug-likeness (QED) is 0.826. The first-order chi connectivity index (χ1) is 8.89.